The van der Waals surface area contributed by atoms with Crippen LogP contribution in [0, 0.1) is 18.6 Å². The van der Waals surface area contributed by atoms with Crippen molar-refractivity contribution in [2.24, 2.45) is 0 Å². The van der Waals surface area contributed by atoms with Crippen molar-refractivity contribution >= 4 is 33.2 Å². The number of aryl methyl sites for hydroxylation is 1. The maximum Gasteiger partial charge on any atom is 0.418 e. The molecule has 1 aliphatic rings. The Kier molecular flexibility index (Phi) is 8.16. The number of aliphatic hydroxyl groups is 2. The molecule has 6 atom stereocenters. The van der Waals surface area contributed by atoms with Gasteiger partial charge in [-0.25, -0.2) is 23.4 Å². The molecule has 45 heavy (non-hydrogen) atoms. The molecule has 1 fully saturated rings. The number of benzene rings is 2. The Morgan fingerprint density at radius 2 is 1.96 bits per heavy atom. The van der Waals surface area contributed by atoms with Crippen molar-refractivity contribution < 1.29 is 41.6 Å². The molecular weight excluding hydrogens is 647 g/mol. The van der Waals surface area contributed by atoms with E-state index in [2.05, 4.69) is 20.2 Å². The van der Waals surface area contributed by atoms with Crippen LogP contribution in [0.2, 0.25) is 5.02 Å². The summed E-state index contributed by atoms with van der Waals surface area (Å²) in [6, 6.07) is 2.82. The second-order valence-electron chi connectivity index (χ2n) is 10.5. The molecule has 0 aliphatic carbocycles. The van der Waals surface area contributed by atoms with Gasteiger partial charge in [0, 0.05) is 23.9 Å². The Hall–Kier alpha value is -3.54. The number of halogens is 6. The van der Waals surface area contributed by atoms with Crippen LogP contribution in [0.25, 0.3) is 27.0 Å². The maximum absolute atomic E-state index is 15.1. The lowest BCUT2D eigenvalue weighted by Gasteiger charge is -2.45. The average molecular weight is 671 g/mol. The Bertz CT molecular complexity index is 1880. The van der Waals surface area contributed by atoms with Crippen LogP contribution in [0.5, 0.6) is 0 Å². The van der Waals surface area contributed by atoms with Crippen LogP contribution in [0.15, 0.2) is 42.2 Å². The number of fused-ring (bicyclic) bond motifs is 1. The fraction of sp³-hybridized carbons (Fsp3) is 0.357. The summed E-state index contributed by atoms with van der Waals surface area (Å²) >= 11 is 7.20. The van der Waals surface area contributed by atoms with Crippen molar-refractivity contribution in [3.05, 3.63) is 76.0 Å². The standard InChI is InChI=1S/C28H24ClF5N6O4S/c1-11(41)24-25(43-3)22(39-9-13(8-36-39)19-20(31)16(30)7-18-21(19)35-10-45-18)23(42)26(44-24)27-37-12(2)38-40(27)17-6-14(29)4-5-15(17)28(32,33)34/h4-11,22-26,41-42H,1-3H3/t11?,22?,23-,24?,25+,26+/m0/s1. The molecule has 0 spiro atoms. The molecule has 0 bridgehead atoms. The lowest BCUT2D eigenvalue weighted by molar-refractivity contribution is -0.230. The molecule has 0 radical (unpaired) electrons. The zero-order chi connectivity index (χ0) is 32.4. The Morgan fingerprint density at radius 3 is 2.64 bits per heavy atom. The van der Waals surface area contributed by atoms with E-state index in [4.69, 9.17) is 21.1 Å². The second-order valence-corrected chi connectivity index (χ2v) is 11.8. The number of hydrogen-bond acceptors (Lipinski definition) is 9. The number of hydrogen-bond donors (Lipinski definition) is 2. The van der Waals surface area contributed by atoms with E-state index in [0.29, 0.717) is 4.70 Å². The van der Waals surface area contributed by atoms with Crippen LogP contribution < -0.4 is 0 Å². The maximum atomic E-state index is 15.1. The molecule has 10 nitrogen and oxygen atoms in total. The van der Waals surface area contributed by atoms with Gasteiger partial charge in [-0.2, -0.15) is 23.4 Å². The van der Waals surface area contributed by atoms with Crippen LogP contribution in [0.4, 0.5) is 22.0 Å². The zero-order valence-electron chi connectivity index (χ0n) is 23.6. The SMILES string of the molecule is CO[C@H]1C(C(C)O)O[C@@H](c2nc(C)nn2-c2cc(Cl)ccc2C(F)(F)F)[C@@H](O)C1n1cc(-c2c(F)c(F)cc3scnc23)cn1. The van der Waals surface area contributed by atoms with Gasteiger partial charge in [-0.1, -0.05) is 11.6 Å². The number of methoxy groups -OCH3 is 1. The van der Waals surface area contributed by atoms with Crippen LogP contribution in [-0.2, 0) is 15.7 Å². The van der Waals surface area contributed by atoms with Crippen molar-refractivity contribution in [2.45, 2.75) is 56.6 Å². The first-order valence-corrected chi connectivity index (χ1v) is 14.7. The third kappa shape index (κ3) is 5.48. The molecule has 238 valence electrons. The minimum Gasteiger partial charge on any atom is -0.391 e. The Labute approximate surface area is 260 Å². The summed E-state index contributed by atoms with van der Waals surface area (Å²) in [5.41, 5.74) is 0.113. The summed E-state index contributed by atoms with van der Waals surface area (Å²) in [5.74, 6) is -2.39. The molecule has 1 saturated heterocycles. The molecule has 0 saturated carbocycles. The highest BCUT2D eigenvalue weighted by atomic mass is 35.5. The summed E-state index contributed by atoms with van der Waals surface area (Å²) in [5, 5.41) is 30.9. The number of rotatable bonds is 6. The summed E-state index contributed by atoms with van der Waals surface area (Å²) in [6.45, 7) is 2.86. The predicted molar refractivity (Wildman–Crippen MR) is 152 cm³/mol. The zero-order valence-corrected chi connectivity index (χ0v) is 25.1. The normalized spacial score (nSPS) is 23.1. The van der Waals surface area contributed by atoms with Gasteiger partial charge in [0.1, 0.15) is 36.3 Å². The van der Waals surface area contributed by atoms with Gasteiger partial charge in [0.05, 0.1) is 44.8 Å². The molecule has 6 rings (SSSR count). The minimum atomic E-state index is -4.80. The highest BCUT2D eigenvalue weighted by molar-refractivity contribution is 7.16. The molecule has 1 aliphatic heterocycles. The van der Waals surface area contributed by atoms with E-state index in [1.54, 1.807) is 0 Å². The first-order chi connectivity index (χ1) is 21.3. The van der Waals surface area contributed by atoms with Gasteiger partial charge in [-0.05, 0) is 38.1 Å². The lowest BCUT2D eigenvalue weighted by Crippen LogP contribution is -2.56. The summed E-state index contributed by atoms with van der Waals surface area (Å²) in [4.78, 5) is 8.46. The second kappa shape index (κ2) is 11.7. The highest BCUT2D eigenvalue weighted by Crippen LogP contribution is 2.43. The van der Waals surface area contributed by atoms with Gasteiger partial charge in [-0.15, -0.1) is 11.3 Å². The average Bonchev–Trinajstić information content (AvgIpc) is 3.72. The van der Waals surface area contributed by atoms with Crippen LogP contribution in [0.3, 0.4) is 0 Å². The van der Waals surface area contributed by atoms with Crippen molar-refractivity contribution in [2.75, 3.05) is 7.11 Å². The van der Waals surface area contributed by atoms with Crippen molar-refractivity contribution in [1.29, 1.82) is 0 Å². The van der Waals surface area contributed by atoms with Crippen molar-refractivity contribution in [3.63, 3.8) is 0 Å². The first-order valence-electron chi connectivity index (χ1n) is 13.4. The Balaban J connectivity index is 1.48. The molecule has 2 N–H and O–H groups in total. The molecule has 3 aromatic heterocycles. The van der Waals surface area contributed by atoms with Crippen LogP contribution >= 0.6 is 22.9 Å². The third-order valence-corrected chi connectivity index (χ3v) is 8.58. The highest BCUT2D eigenvalue weighted by Gasteiger charge is 2.51. The van der Waals surface area contributed by atoms with Gasteiger partial charge in [0.15, 0.2) is 17.5 Å². The molecule has 5 aromatic rings. The third-order valence-electron chi connectivity index (χ3n) is 7.57. The molecule has 2 aromatic carbocycles. The van der Waals surface area contributed by atoms with E-state index in [-0.39, 0.29) is 33.3 Å². The first kappa shape index (κ1) is 31.4. The predicted octanol–water partition coefficient (Wildman–Crippen LogP) is 5.44. The quantitative estimate of drug-likeness (QED) is 0.229. The van der Waals surface area contributed by atoms with Gasteiger partial charge >= 0.3 is 6.18 Å². The van der Waals surface area contributed by atoms with Gasteiger partial charge in [0.25, 0.3) is 0 Å². The number of ether oxygens (including phenoxy) is 2. The molecule has 3 unspecified atom stereocenters. The number of aromatic nitrogens is 6. The van der Waals surface area contributed by atoms with Gasteiger partial charge in [-0.3, -0.25) is 4.68 Å². The number of thiazole rings is 1. The molecule has 4 heterocycles. The largest absolute Gasteiger partial charge is 0.418 e. The molecule has 0 amide bonds. The van der Waals surface area contributed by atoms with Crippen molar-refractivity contribution in [3.8, 4) is 16.8 Å². The summed E-state index contributed by atoms with van der Waals surface area (Å²) in [6.07, 6.45) is -8.74. The number of alkyl halides is 3. The van der Waals surface area contributed by atoms with E-state index in [1.807, 2.05) is 0 Å². The van der Waals surface area contributed by atoms with Gasteiger partial charge < -0.3 is 19.7 Å². The Morgan fingerprint density at radius 1 is 1.20 bits per heavy atom. The topological polar surface area (TPSA) is 120 Å². The number of nitrogens with zero attached hydrogens (tertiary/aromatic N) is 6. The van der Waals surface area contributed by atoms with Gasteiger partial charge in [0.2, 0.25) is 0 Å². The van der Waals surface area contributed by atoms with Crippen LogP contribution in [-0.4, -0.2) is 71.3 Å². The smallest absolute Gasteiger partial charge is 0.391 e. The summed E-state index contributed by atoms with van der Waals surface area (Å²) < 4.78 is 86.0. The fourth-order valence-corrected chi connectivity index (χ4v) is 6.51. The number of aliphatic hydroxyl groups excluding tert-OH is 2. The lowest BCUT2D eigenvalue weighted by atomic mass is 9.89. The van der Waals surface area contributed by atoms with E-state index in [9.17, 15) is 27.8 Å². The van der Waals surface area contributed by atoms with E-state index < -0.39 is 65.6 Å². The minimum absolute atomic E-state index is 0.00994. The van der Waals surface area contributed by atoms with E-state index in [1.165, 1.54) is 43.5 Å². The molecule has 17 heteroatoms. The monoisotopic (exact) mass is 670 g/mol. The van der Waals surface area contributed by atoms with Crippen molar-refractivity contribution in [1.82, 2.24) is 29.5 Å². The fourth-order valence-electron chi connectivity index (χ4n) is 5.63. The van der Waals surface area contributed by atoms with E-state index in [0.717, 1.165) is 40.3 Å². The van der Waals surface area contributed by atoms with E-state index >= 15 is 4.39 Å². The molecular formula is C28H24ClF5N6O4S. The van der Waals surface area contributed by atoms with Crippen LogP contribution in [0.1, 0.15) is 36.3 Å². The summed E-state index contributed by atoms with van der Waals surface area (Å²) in [7, 11) is 1.31.